The highest BCUT2D eigenvalue weighted by atomic mass is 35.5. The van der Waals surface area contributed by atoms with E-state index in [9.17, 15) is 4.79 Å². The molecule has 1 unspecified atom stereocenters. The first-order valence-corrected chi connectivity index (χ1v) is 6.87. The second-order valence-corrected chi connectivity index (χ2v) is 5.08. The van der Waals surface area contributed by atoms with Gasteiger partial charge < -0.3 is 21.1 Å². The number of thiocarbonyl (C=S) groups is 1. The van der Waals surface area contributed by atoms with Gasteiger partial charge in [0, 0.05) is 29.9 Å². The summed E-state index contributed by atoms with van der Waals surface area (Å²) in [5.74, 6) is -0.133. The van der Waals surface area contributed by atoms with Crippen molar-refractivity contribution >= 4 is 40.4 Å². The van der Waals surface area contributed by atoms with E-state index in [0.717, 1.165) is 0 Å². The van der Waals surface area contributed by atoms with Crippen LogP contribution in [0.15, 0.2) is 18.2 Å². The summed E-state index contributed by atoms with van der Waals surface area (Å²) >= 11 is 10.9. The number of rotatable bonds is 7. The summed E-state index contributed by atoms with van der Waals surface area (Å²) in [7, 11) is 1.58. The monoisotopic (exact) mass is 315 g/mol. The molecular weight excluding hydrogens is 298 g/mol. The Morgan fingerprint density at radius 1 is 1.55 bits per heavy atom. The molecule has 7 heteroatoms. The summed E-state index contributed by atoms with van der Waals surface area (Å²) in [6.45, 7) is 2.68. The zero-order valence-electron chi connectivity index (χ0n) is 11.4. The maximum atomic E-state index is 11.9. The molecule has 0 aliphatic carbocycles. The molecule has 0 aliphatic rings. The van der Waals surface area contributed by atoms with Gasteiger partial charge in [0.25, 0.3) is 0 Å². The Morgan fingerprint density at radius 3 is 2.85 bits per heavy atom. The summed E-state index contributed by atoms with van der Waals surface area (Å²) in [5.41, 5.74) is 6.94. The van der Waals surface area contributed by atoms with Crippen LogP contribution in [0.5, 0.6) is 0 Å². The van der Waals surface area contributed by atoms with Gasteiger partial charge in [-0.25, -0.2) is 0 Å². The smallest absolute Gasteiger partial charge is 0.242 e. The van der Waals surface area contributed by atoms with Gasteiger partial charge in [-0.15, -0.1) is 0 Å². The highest BCUT2D eigenvalue weighted by Crippen LogP contribution is 2.21. The number of benzene rings is 1. The Kier molecular flexibility index (Phi) is 6.70. The Bertz CT molecular complexity index is 497. The van der Waals surface area contributed by atoms with Crippen molar-refractivity contribution in [2.45, 2.75) is 13.0 Å². The summed E-state index contributed by atoms with van der Waals surface area (Å²) in [6, 6.07) is 4.69. The van der Waals surface area contributed by atoms with Crippen LogP contribution < -0.4 is 16.4 Å². The molecule has 0 bridgehead atoms. The minimum absolute atomic E-state index is 0.133. The molecule has 1 amide bonds. The zero-order valence-corrected chi connectivity index (χ0v) is 13.0. The Morgan fingerprint density at radius 2 is 2.25 bits per heavy atom. The van der Waals surface area contributed by atoms with Crippen molar-refractivity contribution < 1.29 is 9.53 Å². The zero-order chi connectivity index (χ0) is 15.1. The van der Waals surface area contributed by atoms with Crippen LogP contribution >= 0.6 is 23.8 Å². The maximum Gasteiger partial charge on any atom is 0.242 e. The first kappa shape index (κ1) is 16.7. The minimum atomic E-state index is -0.430. The number of carbonyl (C=O) groups is 1. The average molecular weight is 316 g/mol. The van der Waals surface area contributed by atoms with Crippen LogP contribution in [-0.4, -0.2) is 37.2 Å². The second-order valence-electron chi connectivity index (χ2n) is 4.20. The van der Waals surface area contributed by atoms with E-state index in [2.05, 4.69) is 10.6 Å². The molecule has 1 aromatic rings. The molecule has 0 saturated carbocycles. The van der Waals surface area contributed by atoms with Crippen molar-refractivity contribution in [1.29, 1.82) is 0 Å². The Balaban J connectivity index is 2.72. The van der Waals surface area contributed by atoms with E-state index in [1.54, 1.807) is 32.2 Å². The lowest BCUT2D eigenvalue weighted by atomic mass is 10.1. The van der Waals surface area contributed by atoms with Crippen molar-refractivity contribution in [3.8, 4) is 0 Å². The van der Waals surface area contributed by atoms with Crippen LogP contribution in [0.4, 0.5) is 5.69 Å². The van der Waals surface area contributed by atoms with Gasteiger partial charge in [0.05, 0.1) is 6.61 Å². The number of amides is 1. The number of methoxy groups -OCH3 is 1. The quantitative estimate of drug-likeness (QED) is 0.525. The van der Waals surface area contributed by atoms with Gasteiger partial charge in [-0.2, -0.15) is 0 Å². The molecule has 0 radical (unpaired) electrons. The predicted octanol–water partition coefficient (Wildman–Crippen LogP) is 1.54. The number of carbonyl (C=O) groups excluding carboxylic acids is 1. The van der Waals surface area contributed by atoms with Crippen molar-refractivity contribution in [1.82, 2.24) is 5.32 Å². The second kappa shape index (κ2) is 8.04. The minimum Gasteiger partial charge on any atom is -0.389 e. The van der Waals surface area contributed by atoms with Gasteiger partial charge in [-0.1, -0.05) is 23.8 Å². The SMILES string of the molecule is COCCNC(=O)C(C)Nc1ccc(Cl)cc1C(N)=S. The van der Waals surface area contributed by atoms with Gasteiger partial charge in [-0.3, -0.25) is 4.79 Å². The van der Waals surface area contributed by atoms with E-state index in [-0.39, 0.29) is 10.9 Å². The van der Waals surface area contributed by atoms with E-state index in [0.29, 0.717) is 29.4 Å². The molecule has 0 fully saturated rings. The lowest BCUT2D eigenvalue weighted by molar-refractivity contribution is -0.121. The van der Waals surface area contributed by atoms with E-state index in [1.165, 1.54) is 0 Å². The van der Waals surface area contributed by atoms with Gasteiger partial charge in [-0.05, 0) is 25.1 Å². The third kappa shape index (κ3) is 4.96. The van der Waals surface area contributed by atoms with E-state index in [4.69, 9.17) is 34.3 Å². The standard InChI is InChI=1S/C13H18ClN3O2S/c1-8(13(18)16-5-6-19-2)17-11-4-3-9(14)7-10(11)12(15)20/h3-4,7-8,17H,5-6H2,1-2H3,(H2,15,20)(H,16,18). The summed E-state index contributed by atoms with van der Waals surface area (Å²) < 4.78 is 4.87. The third-order valence-electron chi connectivity index (χ3n) is 2.62. The topological polar surface area (TPSA) is 76.4 Å². The van der Waals surface area contributed by atoms with Crippen LogP contribution in [0.3, 0.4) is 0 Å². The molecule has 0 saturated heterocycles. The molecular formula is C13H18ClN3O2S. The van der Waals surface area contributed by atoms with Crippen LogP contribution in [0, 0.1) is 0 Å². The molecule has 1 atom stereocenters. The number of anilines is 1. The maximum absolute atomic E-state index is 11.9. The molecule has 1 rings (SSSR count). The van der Waals surface area contributed by atoms with Crippen molar-refractivity contribution in [2.75, 3.05) is 25.6 Å². The van der Waals surface area contributed by atoms with Gasteiger partial charge in [0.15, 0.2) is 0 Å². The van der Waals surface area contributed by atoms with E-state index in [1.807, 2.05) is 0 Å². The molecule has 1 aromatic carbocycles. The fourth-order valence-electron chi connectivity index (χ4n) is 1.57. The number of nitrogens with one attached hydrogen (secondary N) is 2. The summed E-state index contributed by atoms with van der Waals surface area (Å²) in [6.07, 6.45) is 0. The molecule has 4 N–H and O–H groups in total. The van der Waals surface area contributed by atoms with Crippen LogP contribution in [-0.2, 0) is 9.53 Å². The van der Waals surface area contributed by atoms with Gasteiger partial charge >= 0.3 is 0 Å². The fourth-order valence-corrected chi connectivity index (χ4v) is 1.92. The molecule has 0 aliphatic heterocycles. The fraction of sp³-hybridized carbons (Fsp3) is 0.385. The Hall–Kier alpha value is -1.37. The predicted molar refractivity (Wildman–Crippen MR) is 85.3 cm³/mol. The molecule has 0 aromatic heterocycles. The van der Waals surface area contributed by atoms with Gasteiger partial charge in [0.2, 0.25) is 5.91 Å². The summed E-state index contributed by atoms with van der Waals surface area (Å²) in [5, 5.41) is 6.35. The summed E-state index contributed by atoms with van der Waals surface area (Å²) in [4.78, 5) is 12.1. The molecule has 110 valence electrons. The average Bonchev–Trinajstić information content (AvgIpc) is 2.40. The normalized spacial score (nSPS) is 11.8. The number of nitrogens with two attached hydrogens (primary N) is 1. The van der Waals surface area contributed by atoms with Crippen molar-refractivity contribution in [3.63, 3.8) is 0 Å². The van der Waals surface area contributed by atoms with Crippen molar-refractivity contribution in [3.05, 3.63) is 28.8 Å². The Labute approximate surface area is 128 Å². The molecule has 0 spiro atoms. The first-order valence-electron chi connectivity index (χ1n) is 6.08. The highest BCUT2D eigenvalue weighted by molar-refractivity contribution is 7.80. The van der Waals surface area contributed by atoms with Crippen LogP contribution in [0.25, 0.3) is 0 Å². The number of hydrogen-bond donors (Lipinski definition) is 3. The van der Waals surface area contributed by atoms with Crippen LogP contribution in [0.2, 0.25) is 5.02 Å². The van der Waals surface area contributed by atoms with E-state index >= 15 is 0 Å². The van der Waals surface area contributed by atoms with Gasteiger partial charge in [0.1, 0.15) is 11.0 Å². The largest absolute Gasteiger partial charge is 0.389 e. The third-order valence-corrected chi connectivity index (χ3v) is 3.07. The number of hydrogen-bond acceptors (Lipinski definition) is 4. The molecule has 0 heterocycles. The lowest BCUT2D eigenvalue weighted by Crippen LogP contribution is -2.39. The van der Waals surface area contributed by atoms with E-state index < -0.39 is 6.04 Å². The number of halogens is 1. The molecule has 20 heavy (non-hydrogen) atoms. The van der Waals surface area contributed by atoms with Crippen LogP contribution in [0.1, 0.15) is 12.5 Å². The molecule has 5 nitrogen and oxygen atoms in total. The first-order chi connectivity index (χ1) is 9.45. The number of ether oxygens (including phenoxy) is 1. The lowest BCUT2D eigenvalue weighted by Gasteiger charge is -2.17. The van der Waals surface area contributed by atoms with Crippen molar-refractivity contribution in [2.24, 2.45) is 5.73 Å². The highest BCUT2D eigenvalue weighted by Gasteiger charge is 2.14.